The second-order valence-electron chi connectivity index (χ2n) is 14.7. The molecule has 12 nitrogen and oxygen atoms in total. The first kappa shape index (κ1) is 37.6. The highest BCUT2D eigenvalue weighted by Crippen LogP contribution is 2.30. The molecule has 1 aromatic carbocycles. The van der Waals surface area contributed by atoms with Crippen LogP contribution in [-0.4, -0.2) is 103 Å². The summed E-state index contributed by atoms with van der Waals surface area (Å²) in [5.74, 6) is -1.89. The lowest BCUT2D eigenvalue weighted by atomic mass is 9.83. The van der Waals surface area contributed by atoms with Crippen molar-refractivity contribution in [2.24, 2.45) is 5.92 Å². The number of hydrogen-bond acceptors (Lipinski definition) is 7. The first-order chi connectivity index (χ1) is 24.2. The van der Waals surface area contributed by atoms with Gasteiger partial charge in [0.1, 0.15) is 29.2 Å². The Balaban J connectivity index is 1.36. The first-order valence-corrected chi connectivity index (χ1v) is 17.8. The molecule has 1 N–H and O–H groups in total. The highest BCUT2D eigenvalue weighted by atomic mass is 19.1. The number of aromatic nitrogens is 3. The predicted molar refractivity (Wildman–Crippen MR) is 186 cm³/mol. The summed E-state index contributed by atoms with van der Waals surface area (Å²) in [5, 5.41) is 3.01. The molecule has 2 fully saturated rings. The molecule has 0 bridgehead atoms. The Morgan fingerprint density at radius 2 is 1.71 bits per heavy atom. The topological polar surface area (TPSA) is 129 Å². The van der Waals surface area contributed by atoms with Crippen molar-refractivity contribution in [1.29, 1.82) is 0 Å². The van der Waals surface area contributed by atoms with Crippen LogP contribution in [0.2, 0.25) is 0 Å². The molecule has 3 aromatic rings. The van der Waals surface area contributed by atoms with Crippen LogP contribution in [0.5, 0.6) is 0 Å². The van der Waals surface area contributed by atoms with Crippen molar-refractivity contribution in [3.63, 3.8) is 0 Å². The Labute approximate surface area is 297 Å². The second-order valence-corrected chi connectivity index (χ2v) is 14.7. The largest absolute Gasteiger partial charge is 0.444 e. The second kappa shape index (κ2) is 16.2. The number of halogens is 2. The summed E-state index contributed by atoms with van der Waals surface area (Å²) in [6.45, 7) is 7.78. The lowest BCUT2D eigenvalue weighted by Gasteiger charge is -2.37. The zero-order chi connectivity index (χ0) is 36.9. The van der Waals surface area contributed by atoms with E-state index in [1.165, 1.54) is 40.9 Å². The number of amides is 4. The van der Waals surface area contributed by atoms with Crippen molar-refractivity contribution in [1.82, 2.24) is 34.4 Å². The molecule has 1 aliphatic heterocycles. The zero-order valence-corrected chi connectivity index (χ0v) is 30.1. The summed E-state index contributed by atoms with van der Waals surface area (Å²) < 4.78 is 34.3. The number of imidazole rings is 1. The average Bonchev–Trinajstić information content (AvgIpc) is 3.75. The predicted octanol–water partition coefficient (Wildman–Crippen LogP) is 5.00. The Morgan fingerprint density at radius 1 is 1.00 bits per heavy atom. The molecule has 51 heavy (non-hydrogen) atoms. The van der Waals surface area contributed by atoms with E-state index in [-0.39, 0.29) is 48.2 Å². The third-order valence-corrected chi connectivity index (χ3v) is 9.79. The van der Waals surface area contributed by atoms with Gasteiger partial charge in [0, 0.05) is 45.1 Å². The van der Waals surface area contributed by atoms with Gasteiger partial charge in [0.05, 0.1) is 6.20 Å². The molecule has 2 aromatic heterocycles. The van der Waals surface area contributed by atoms with E-state index in [0.717, 1.165) is 50.3 Å². The highest BCUT2D eigenvalue weighted by molar-refractivity contribution is 5.93. The number of nitrogens with one attached hydrogen (secondary N) is 1. The molecule has 1 saturated carbocycles. The van der Waals surface area contributed by atoms with Crippen molar-refractivity contribution in [2.45, 2.75) is 103 Å². The third-order valence-electron chi connectivity index (χ3n) is 9.79. The number of likely N-dealkylation sites (tertiary alicyclic amines) is 1. The molecule has 5 rings (SSSR count). The van der Waals surface area contributed by atoms with Crippen molar-refractivity contribution >= 4 is 29.6 Å². The van der Waals surface area contributed by atoms with Gasteiger partial charge in [-0.15, -0.1) is 0 Å². The van der Waals surface area contributed by atoms with E-state index in [0.29, 0.717) is 19.4 Å². The minimum absolute atomic E-state index is 0.0717. The molecule has 0 spiro atoms. The maximum absolute atomic E-state index is 14.5. The number of hydrogen-bond donors (Lipinski definition) is 1. The molecule has 14 heteroatoms. The van der Waals surface area contributed by atoms with Crippen LogP contribution in [0.1, 0.15) is 88.7 Å². The molecule has 2 aliphatic rings. The van der Waals surface area contributed by atoms with E-state index >= 15 is 0 Å². The normalized spacial score (nSPS) is 17.9. The first-order valence-electron chi connectivity index (χ1n) is 17.8. The van der Waals surface area contributed by atoms with E-state index in [1.54, 1.807) is 49.6 Å². The summed E-state index contributed by atoms with van der Waals surface area (Å²) in [4.78, 5) is 67.8. The van der Waals surface area contributed by atoms with Gasteiger partial charge in [0.2, 0.25) is 17.6 Å². The van der Waals surface area contributed by atoms with Crippen LogP contribution in [-0.2, 0) is 20.7 Å². The van der Waals surface area contributed by atoms with Crippen molar-refractivity contribution in [3.8, 4) is 0 Å². The van der Waals surface area contributed by atoms with Crippen LogP contribution in [0.4, 0.5) is 13.6 Å². The van der Waals surface area contributed by atoms with Crippen LogP contribution < -0.4 is 5.32 Å². The summed E-state index contributed by atoms with van der Waals surface area (Å²) in [6, 6.07) is 4.04. The number of rotatable bonds is 11. The lowest BCUT2D eigenvalue weighted by Crippen LogP contribution is -2.58. The summed E-state index contributed by atoms with van der Waals surface area (Å²) in [7, 11) is 1.50. The summed E-state index contributed by atoms with van der Waals surface area (Å²) >= 11 is 0. The third kappa shape index (κ3) is 9.59. The van der Waals surface area contributed by atoms with E-state index in [4.69, 9.17) is 4.74 Å². The van der Waals surface area contributed by atoms with Gasteiger partial charge in [-0.25, -0.2) is 23.5 Å². The molecule has 276 valence electrons. The molecular weight excluding hydrogens is 660 g/mol. The number of nitrogens with zero attached hydrogens (tertiary/aromatic N) is 6. The molecule has 3 atom stereocenters. The van der Waals surface area contributed by atoms with Gasteiger partial charge >= 0.3 is 6.09 Å². The Morgan fingerprint density at radius 3 is 2.39 bits per heavy atom. The van der Waals surface area contributed by atoms with E-state index in [1.807, 2.05) is 0 Å². The molecule has 1 aliphatic carbocycles. The minimum atomic E-state index is -0.888. The van der Waals surface area contributed by atoms with Gasteiger partial charge in [-0.3, -0.25) is 23.7 Å². The number of ether oxygens (including phenoxy) is 1. The smallest absolute Gasteiger partial charge is 0.410 e. The maximum atomic E-state index is 14.5. The van der Waals surface area contributed by atoms with Crippen LogP contribution in [0.3, 0.4) is 0 Å². The number of fused-ring (bicyclic) bond motifs is 1. The average molecular weight is 710 g/mol. The van der Waals surface area contributed by atoms with E-state index in [9.17, 15) is 28.0 Å². The summed E-state index contributed by atoms with van der Waals surface area (Å²) in [5.41, 5.74) is 0.178. The number of benzene rings is 1. The quantitative estimate of drug-likeness (QED) is 0.297. The highest BCUT2D eigenvalue weighted by Gasteiger charge is 2.40. The Kier molecular flexibility index (Phi) is 11.9. The maximum Gasteiger partial charge on any atom is 0.410 e. The standard InChI is InChI=1S/C37H49F2N7O5/c1-24(43(5)36(50)51-37(2,3)4)32(47)42-31(26-10-7-6-8-11-26)34(49)46-18-9-12-29(46)22-44(19-17-25-13-15-27(38)16-14-25)33(48)30-23-45-21-28(39)20-40-35(45)41-30/h13-16,20-21,23-24,26,29,31H,6-12,17-19,22H2,1-5H3,(H,42,47)/t24-,29-,31-/m0/s1. The van der Waals surface area contributed by atoms with Crippen molar-refractivity contribution in [2.75, 3.05) is 26.7 Å². The fourth-order valence-corrected chi connectivity index (χ4v) is 6.86. The van der Waals surface area contributed by atoms with Crippen LogP contribution in [0.25, 0.3) is 5.78 Å². The van der Waals surface area contributed by atoms with Gasteiger partial charge in [-0.05, 0) is 83.4 Å². The SMILES string of the molecule is C[C@@H](C(=O)N[C@H](C(=O)N1CCC[C@H]1CN(CCc1ccc(F)cc1)C(=O)c1cn2cc(F)cnc2n1)C1CCCCC1)N(C)C(=O)OC(C)(C)C. The van der Waals surface area contributed by atoms with E-state index < -0.39 is 41.4 Å². The molecule has 3 heterocycles. The fraction of sp³-hybridized carbons (Fsp3) is 0.568. The molecule has 1 saturated heterocycles. The lowest BCUT2D eigenvalue weighted by molar-refractivity contribution is -0.140. The van der Waals surface area contributed by atoms with Gasteiger partial charge < -0.3 is 19.9 Å². The van der Waals surface area contributed by atoms with E-state index in [2.05, 4.69) is 15.3 Å². The molecule has 4 amide bonds. The van der Waals surface area contributed by atoms with Crippen LogP contribution in [0.15, 0.2) is 42.9 Å². The monoisotopic (exact) mass is 709 g/mol. The Hall–Kier alpha value is -4.62. The van der Waals surface area contributed by atoms with Crippen LogP contribution >= 0.6 is 0 Å². The number of carbonyl (C=O) groups excluding carboxylic acids is 4. The summed E-state index contributed by atoms with van der Waals surface area (Å²) in [6.07, 6.45) is 9.34. The van der Waals surface area contributed by atoms with Gasteiger partial charge in [0.25, 0.3) is 5.91 Å². The fourth-order valence-electron chi connectivity index (χ4n) is 6.86. The van der Waals surface area contributed by atoms with Crippen molar-refractivity contribution in [3.05, 3.63) is 65.7 Å². The molecular formula is C37H49F2N7O5. The van der Waals surface area contributed by atoms with Crippen LogP contribution in [0, 0.1) is 17.6 Å². The number of carbonyl (C=O) groups is 4. The van der Waals surface area contributed by atoms with Gasteiger partial charge in [0.15, 0.2) is 5.82 Å². The van der Waals surface area contributed by atoms with Gasteiger partial charge in [-0.1, -0.05) is 31.4 Å². The van der Waals surface area contributed by atoms with Crippen molar-refractivity contribution < 1.29 is 32.7 Å². The Bertz CT molecular complexity index is 1700. The number of likely N-dealkylation sites (N-methyl/N-ethyl adjacent to an activating group) is 1. The molecule has 0 unspecified atom stereocenters. The minimum Gasteiger partial charge on any atom is -0.444 e. The van der Waals surface area contributed by atoms with Gasteiger partial charge in [-0.2, -0.15) is 0 Å². The zero-order valence-electron chi connectivity index (χ0n) is 30.1. The molecule has 0 radical (unpaired) electrons.